The normalized spacial score (nSPS) is 9.00. The quantitative estimate of drug-likeness (QED) is 0.496. The van der Waals surface area contributed by atoms with Gasteiger partial charge in [0.25, 0.3) is 5.91 Å². The lowest BCUT2D eigenvalue weighted by Gasteiger charge is -2.00. The number of nitrogen functional groups attached to an aromatic ring is 1. The van der Waals surface area contributed by atoms with Gasteiger partial charge in [-0.05, 0) is 12.1 Å². The van der Waals surface area contributed by atoms with Crippen molar-refractivity contribution in [3.63, 3.8) is 0 Å². The Balaban J connectivity index is 3.23. The molecule has 0 radical (unpaired) electrons. The molecule has 0 aromatic heterocycles. The Morgan fingerprint density at radius 2 is 2.14 bits per heavy atom. The van der Waals surface area contributed by atoms with Gasteiger partial charge >= 0.3 is 0 Å². The van der Waals surface area contributed by atoms with E-state index in [0.717, 1.165) is 12.1 Å². The van der Waals surface area contributed by atoms with E-state index in [4.69, 9.17) is 23.1 Å². The molecule has 0 fully saturated rings. The average Bonchev–Trinajstić information content (AvgIpc) is 2.08. The third-order valence-electron chi connectivity index (χ3n) is 1.41. The van der Waals surface area contributed by atoms with Crippen molar-refractivity contribution < 1.29 is 9.18 Å². The van der Waals surface area contributed by atoms with Gasteiger partial charge in [0.15, 0.2) is 0 Å². The summed E-state index contributed by atoms with van der Waals surface area (Å²) in [5.41, 5.74) is 10.5. The number of primary amides is 1. The second-order valence-electron chi connectivity index (χ2n) is 2.46. The number of amides is 1. The summed E-state index contributed by atoms with van der Waals surface area (Å²) in [6.07, 6.45) is 0. The third kappa shape index (κ3) is 2.38. The summed E-state index contributed by atoms with van der Waals surface area (Å²) in [5.74, 6) is 2.97. The standard InChI is InChI=1S/C9H6ClFN2O/c10-7-4-6(11)3-5(9(7)13)1-2-8(12)14/h3-4H,13H2,(H2,12,14). The molecule has 5 heteroatoms. The molecule has 3 nitrogen and oxygen atoms in total. The summed E-state index contributed by atoms with van der Waals surface area (Å²) in [4.78, 5) is 10.3. The maximum Gasteiger partial charge on any atom is 0.293 e. The second-order valence-corrected chi connectivity index (χ2v) is 2.87. The minimum absolute atomic E-state index is 0.0544. The van der Waals surface area contributed by atoms with Crippen LogP contribution in [-0.4, -0.2) is 5.91 Å². The van der Waals surface area contributed by atoms with Crippen LogP contribution in [0.2, 0.25) is 5.02 Å². The van der Waals surface area contributed by atoms with Crippen molar-refractivity contribution in [1.82, 2.24) is 0 Å². The molecule has 72 valence electrons. The van der Waals surface area contributed by atoms with E-state index in [2.05, 4.69) is 5.92 Å². The minimum Gasteiger partial charge on any atom is -0.397 e. The van der Waals surface area contributed by atoms with E-state index >= 15 is 0 Å². The van der Waals surface area contributed by atoms with Crippen LogP contribution in [0, 0.1) is 17.7 Å². The molecule has 0 atom stereocenters. The number of halogens is 2. The predicted octanol–water partition coefficient (Wildman–Crippen LogP) is 0.898. The van der Waals surface area contributed by atoms with Crippen LogP contribution in [0.5, 0.6) is 0 Å². The Kier molecular flexibility index (Phi) is 2.95. The molecule has 1 aromatic rings. The lowest BCUT2D eigenvalue weighted by Crippen LogP contribution is -2.06. The highest BCUT2D eigenvalue weighted by Gasteiger charge is 2.04. The second kappa shape index (κ2) is 3.99. The van der Waals surface area contributed by atoms with Gasteiger partial charge in [0, 0.05) is 5.92 Å². The molecule has 1 rings (SSSR count). The SMILES string of the molecule is NC(=O)C#Cc1cc(F)cc(Cl)c1N. The summed E-state index contributed by atoms with van der Waals surface area (Å²) < 4.78 is 12.8. The fourth-order valence-corrected chi connectivity index (χ4v) is 1.02. The fourth-order valence-electron chi connectivity index (χ4n) is 0.817. The molecule has 0 heterocycles. The van der Waals surface area contributed by atoms with E-state index in [0.29, 0.717) is 0 Å². The topological polar surface area (TPSA) is 69.1 Å². The third-order valence-corrected chi connectivity index (χ3v) is 1.73. The van der Waals surface area contributed by atoms with Crippen LogP contribution in [-0.2, 0) is 4.79 Å². The lowest BCUT2D eigenvalue weighted by atomic mass is 10.2. The van der Waals surface area contributed by atoms with Crippen molar-refractivity contribution in [1.29, 1.82) is 0 Å². The molecular weight excluding hydrogens is 207 g/mol. The van der Waals surface area contributed by atoms with Gasteiger partial charge in [0.1, 0.15) is 5.82 Å². The highest BCUT2D eigenvalue weighted by molar-refractivity contribution is 6.33. The zero-order valence-corrected chi connectivity index (χ0v) is 7.73. The number of carbonyl (C=O) groups is 1. The van der Waals surface area contributed by atoms with E-state index in [1.54, 1.807) is 0 Å². The average molecular weight is 213 g/mol. The molecule has 0 saturated heterocycles. The van der Waals surface area contributed by atoms with Gasteiger partial charge < -0.3 is 11.5 Å². The largest absolute Gasteiger partial charge is 0.397 e. The van der Waals surface area contributed by atoms with Gasteiger partial charge in [-0.3, -0.25) is 4.79 Å². The van der Waals surface area contributed by atoms with Crippen molar-refractivity contribution in [2.75, 3.05) is 5.73 Å². The maximum atomic E-state index is 12.8. The summed E-state index contributed by atoms with van der Waals surface area (Å²) in [6, 6.07) is 2.14. The number of carbonyl (C=O) groups excluding carboxylic acids is 1. The van der Waals surface area contributed by atoms with Crippen molar-refractivity contribution in [2.24, 2.45) is 5.73 Å². The molecule has 4 N–H and O–H groups in total. The molecule has 0 spiro atoms. The van der Waals surface area contributed by atoms with Gasteiger partial charge in [0.05, 0.1) is 16.3 Å². The minimum atomic E-state index is -0.815. The Morgan fingerprint density at radius 3 is 2.71 bits per heavy atom. The Hall–Kier alpha value is -1.73. The van der Waals surface area contributed by atoms with Crippen LogP contribution in [0.3, 0.4) is 0 Å². The monoisotopic (exact) mass is 212 g/mol. The highest BCUT2D eigenvalue weighted by Crippen LogP contribution is 2.23. The number of benzene rings is 1. The molecule has 1 aromatic carbocycles. The smallest absolute Gasteiger partial charge is 0.293 e. The zero-order chi connectivity index (χ0) is 10.7. The van der Waals surface area contributed by atoms with Gasteiger partial charge in [-0.25, -0.2) is 4.39 Å². The first-order valence-corrected chi connectivity index (χ1v) is 3.94. The predicted molar refractivity (Wildman–Crippen MR) is 51.9 cm³/mol. The van der Waals surface area contributed by atoms with Crippen molar-refractivity contribution in [2.45, 2.75) is 0 Å². The van der Waals surface area contributed by atoms with Gasteiger partial charge in [-0.15, -0.1) is 0 Å². The van der Waals surface area contributed by atoms with E-state index in [1.807, 2.05) is 5.92 Å². The van der Waals surface area contributed by atoms with E-state index in [-0.39, 0.29) is 16.3 Å². The van der Waals surface area contributed by atoms with Gasteiger partial charge in [-0.1, -0.05) is 17.5 Å². The van der Waals surface area contributed by atoms with Gasteiger partial charge in [0.2, 0.25) is 0 Å². The molecule has 0 unspecified atom stereocenters. The van der Waals surface area contributed by atoms with E-state index in [1.165, 1.54) is 0 Å². The van der Waals surface area contributed by atoms with E-state index in [9.17, 15) is 9.18 Å². The summed E-state index contributed by atoms with van der Waals surface area (Å²) in [7, 11) is 0. The number of rotatable bonds is 0. The first kappa shape index (κ1) is 10.4. The molecule has 0 aliphatic carbocycles. The van der Waals surface area contributed by atoms with Crippen LogP contribution >= 0.6 is 11.6 Å². The van der Waals surface area contributed by atoms with Crippen molar-refractivity contribution >= 4 is 23.2 Å². The highest BCUT2D eigenvalue weighted by atomic mass is 35.5. The number of anilines is 1. The van der Waals surface area contributed by atoms with Crippen molar-refractivity contribution in [3.8, 4) is 11.8 Å². The first-order valence-electron chi connectivity index (χ1n) is 3.56. The molecule has 0 saturated carbocycles. The maximum absolute atomic E-state index is 12.8. The van der Waals surface area contributed by atoms with Crippen LogP contribution in [0.1, 0.15) is 5.56 Å². The Labute approximate surface area is 84.8 Å². The van der Waals surface area contributed by atoms with Crippen LogP contribution in [0.15, 0.2) is 12.1 Å². The molecule has 14 heavy (non-hydrogen) atoms. The Bertz CT molecular complexity index is 448. The summed E-state index contributed by atoms with van der Waals surface area (Å²) in [6.45, 7) is 0. The molecule has 0 aliphatic heterocycles. The number of nitrogens with two attached hydrogens (primary N) is 2. The fraction of sp³-hybridized carbons (Fsp3) is 0. The van der Waals surface area contributed by atoms with Crippen molar-refractivity contribution in [3.05, 3.63) is 28.5 Å². The van der Waals surface area contributed by atoms with Gasteiger partial charge in [-0.2, -0.15) is 0 Å². The van der Waals surface area contributed by atoms with Crippen LogP contribution in [0.25, 0.3) is 0 Å². The molecule has 0 bridgehead atoms. The van der Waals surface area contributed by atoms with Crippen LogP contribution < -0.4 is 11.5 Å². The first-order chi connectivity index (χ1) is 6.50. The summed E-state index contributed by atoms with van der Waals surface area (Å²) >= 11 is 5.59. The van der Waals surface area contributed by atoms with Crippen LogP contribution in [0.4, 0.5) is 10.1 Å². The summed E-state index contributed by atoms with van der Waals surface area (Å²) in [5, 5.41) is 0.0544. The Morgan fingerprint density at radius 1 is 1.50 bits per heavy atom. The molecular formula is C9H6ClFN2O. The number of hydrogen-bond acceptors (Lipinski definition) is 2. The van der Waals surface area contributed by atoms with E-state index < -0.39 is 11.7 Å². The lowest BCUT2D eigenvalue weighted by molar-refractivity contribution is -0.112. The number of hydrogen-bond donors (Lipinski definition) is 2. The molecule has 1 amide bonds. The zero-order valence-electron chi connectivity index (χ0n) is 6.97. The molecule has 0 aliphatic rings.